The van der Waals surface area contributed by atoms with Gasteiger partial charge < -0.3 is 16.0 Å². The van der Waals surface area contributed by atoms with E-state index in [0.717, 1.165) is 17.1 Å². The molecule has 0 radical (unpaired) electrons. The van der Waals surface area contributed by atoms with Crippen molar-refractivity contribution in [2.24, 2.45) is 5.14 Å². The van der Waals surface area contributed by atoms with Gasteiger partial charge in [-0.15, -0.1) is 0 Å². The van der Waals surface area contributed by atoms with Gasteiger partial charge in [0.25, 0.3) is 30.1 Å². The fourth-order valence-corrected chi connectivity index (χ4v) is 11.4. The van der Waals surface area contributed by atoms with Crippen molar-refractivity contribution < 1.29 is 39.5 Å². The van der Waals surface area contributed by atoms with Crippen molar-refractivity contribution in [3.63, 3.8) is 0 Å². The molecule has 3 aliphatic carbocycles. The minimum atomic E-state index is -3.83. The molecule has 84 heavy (non-hydrogen) atoms. The molecule has 0 bridgehead atoms. The van der Waals surface area contributed by atoms with Gasteiger partial charge in [-0.25, -0.2) is 84.7 Å². The average molecular weight is 1240 g/mol. The van der Waals surface area contributed by atoms with Crippen LogP contribution in [-0.4, -0.2) is 112 Å². The first-order valence-corrected chi connectivity index (χ1v) is 31.3. The molecule has 9 aromatic rings. The highest BCUT2D eigenvalue weighted by atomic mass is 35.5. The number of primary sulfonamides is 1. The molecule has 27 nitrogen and oxygen atoms in total. The summed E-state index contributed by atoms with van der Waals surface area (Å²) in [6.45, 7) is 10.6. The number of nitrogens with one attached hydrogen (secondary N) is 8. The Bertz CT molecular complexity index is 4190. The number of pyridine rings is 3. The van der Waals surface area contributed by atoms with Gasteiger partial charge >= 0.3 is 0 Å². The summed E-state index contributed by atoms with van der Waals surface area (Å²) in [7, 11) is -11.2. The van der Waals surface area contributed by atoms with Gasteiger partial charge in [0.15, 0.2) is 55.8 Å². The standard InChI is InChI=1S/C19H22ClN7O2S.C19H23N7O2S.C15H15N7O2S.10H2/c1-19(2,3)27-30(28,29)16-7-6-12(9-21-16)17-22-10-13(20)18(24-17)23-15-8-14(25-26-15)11-4-5-11;1-19(2,3)26-29(27,28)17-7-6-13(11-21-17)18-20-9-8-15(23-18)22-16-10-14(24-25-16)12-4-5-12;16-25(23,24)14-4-3-10(8-18-14)15-17-6-5-12(20-15)19-13-7-11(21-22-13)9-1-2-9;;;;;;;;;;/h6-11,27H,4-5H2,1-3H3,(H2,22,23,24,25,26);6-12,26H,4-5H2,1-3H3,(H2,20,22,23,24,25);3-9H,1-2H2,(H2,16,23,24)(H2,17,19,20,21,22);10*1H. The zero-order valence-electron chi connectivity index (χ0n) is 46.3. The van der Waals surface area contributed by atoms with Crippen LogP contribution in [0.3, 0.4) is 0 Å². The van der Waals surface area contributed by atoms with E-state index in [0.29, 0.717) is 91.8 Å². The second kappa shape index (κ2) is 23.8. The van der Waals surface area contributed by atoms with Crippen molar-refractivity contribution in [2.75, 3.05) is 16.0 Å². The third kappa shape index (κ3) is 15.9. The molecule has 0 atom stereocenters. The number of aromatic nitrogens is 15. The number of sulfonamides is 3. The highest BCUT2D eigenvalue weighted by molar-refractivity contribution is 7.89. The molecule has 0 saturated heterocycles. The second-order valence-electron chi connectivity index (χ2n) is 22.2. The summed E-state index contributed by atoms with van der Waals surface area (Å²) < 4.78 is 77.2. The van der Waals surface area contributed by atoms with Crippen LogP contribution in [0.2, 0.25) is 5.02 Å². The van der Waals surface area contributed by atoms with Crippen molar-refractivity contribution in [3.05, 3.63) is 126 Å². The van der Waals surface area contributed by atoms with E-state index in [1.54, 1.807) is 84.3 Å². The lowest BCUT2D eigenvalue weighted by molar-refractivity contribution is 0.488. The van der Waals surface area contributed by atoms with Crippen LogP contribution >= 0.6 is 11.6 Å². The first-order chi connectivity index (χ1) is 39.8. The predicted molar refractivity (Wildman–Crippen MR) is 335 cm³/mol. The quantitative estimate of drug-likeness (QED) is 0.0409. The minimum absolute atomic E-state index is 0. The molecule has 0 aliphatic heterocycles. The van der Waals surface area contributed by atoms with Gasteiger partial charge in [-0.05, 0) is 129 Å². The largest absolute Gasteiger partial charge is 0.323 e. The molecular weight excluding hydrogens is 1160 g/mol. The van der Waals surface area contributed by atoms with E-state index < -0.39 is 41.1 Å². The molecule has 9 aromatic heterocycles. The number of halogens is 1. The summed E-state index contributed by atoms with van der Waals surface area (Å²) in [5.41, 5.74) is 3.91. The van der Waals surface area contributed by atoms with E-state index in [1.165, 1.54) is 81.5 Å². The fraction of sp³-hybridized carbons (Fsp3) is 0.321. The zero-order valence-corrected chi connectivity index (χ0v) is 49.5. The molecular formula is C53H80ClN21O6S3. The maximum Gasteiger partial charge on any atom is 0.258 e. The Hall–Kier alpha value is -8.26. The number of H-pyrrole nitrogens is 3. The Morgan fingerprint density at radius 3 is 1.19 bits per heavy atom. The summed E-state index contributed by atoms with van der Waals surface area (Å²) in [6.07, 6.45) is 16.1. The van der Waals surface area contributed by atoms with Crippen LogP contribution in [0.5, 0.6) is 0 Å². The van der Waals surface area contributed by atoms with Crippen LogP contribution in [0.1, 0.15) is 129 Å². The van der Waals surface area contributed by atoms with E-state index in [4.69, 9.17) is 16.7 Å². The number of nitrogens with zero attached hydrogens (tertiary/aromatic N) is 12. The zero-order chi connectivity index (χ0) is 59.6. The number of anilines is 6. The van der Waals surface area contributed by atoms with Gasteiger partial charge in [-0.3, -0.25) is 15.3 Å². The molecule has 458 valence electrons. The van der Waals surface area contributed by atoms with Crippen LogP contribution in [0.25, 0.3) is 34.2 Å². The normalized spacial score (nSPS) is 14.6. The number of hydrogen-bond donors (Lipinski definition) is 9. The summed E-state index contributed by atoms with van der Waals surface area (Å²) in [5, 5.41) is 36.3. The number of nitrogens with two attached hydrogens (primary N) is 1. The second-order valence-corrected chi connectivity index (χ2v) is 27.3. The summed E-state index contributed by atoms with van der Waals surface area (Å²) >= 11 is 6.23. The highest BCUT2D eigenvalue weighted by Gasteiger charge is 2.29. The van der Waals surface area contributed by atoms with Gasteiger partial charge in [0.2, 0.25) is 0 Å². The average Bonchev–Trinajstić information content (AvgIpc) is 1.86. The predicted octanol–water partition coefficient (Wildman–Crippen LogP) is 10.6. The molecule has 10 N–H and O–H groups in total. The van der Waals surface area contributed by atoms with Crippen molar-refractivity contribution in [1.29, 1.82) is 0 Å². The molecule has 12 rings (SSSR count). The molecule has 0 amide bonds. The van der Waals surface area contributed by atoms with Crippen LogP contribution in [0.15, 0.2) is 119 Å². The van der Waals surface area contributed by atoms with Gasteiger partial charge in [0.05, 0.1) is 6.20 Å². The van der Waals surface area contributed by atoms with E-state index in [2.05, 4.69) is 101 Å². The van der Waals surface area contributed by atoms with Gasteiger partial charge in [0, 0.05) is 126 Å². The number of hydrogen-bond acceptors (Lipinski definition) is 21. The Morgan fingerprint density at radius 1 is 0.476 bits per heavy atom. The van der Waals surface area contributed by atoms with E-state index >= 15 is 0 Å². The molecule has 0 unspecified atom stereocenters. The SMILES string of the molecule is CC(C)(C)NS(=O)(=O)c1ccc(-c2ncc(Cl)c(Nc3cc(C4CC4)[nH]n3)n2)cn1.CC(C)(C)NS(=O)(=O)c1ccc(-c2nccc(Nc3cc(C4CC4)[nH]n3)n2)cn1.NS(=O)(=O)c1ccc(-c2nccc(Nc3cc(C4CC4)[nH]n3)n2)cn1.[HH].[HH].[HH].[HH].[HH].[HH].[HH].[HH].[HH].[HH]. The summed E-state index contributed by atoms with van der Waals surface area (Å²) in [4.78, 5) is 38.0. The monoisotopic (exact) mass is 1240 g/mol. The van der Waals surface area contributed by atoms with Crippen molar-refractivity contribution in [3.8, 4) is 34.2 Å². The number of rotatable bonds is 17. The van der Waals surface area contributed by atoms with Gasteiger partial charge in [-0.1, -0.05) is 11.6 Å². The third-order valence-corrected chi connectivity index (χ3v) is 16.8. The van der Waals surface area contributed by atoms with E-state index in [1.807, 2.05) is 18.2 Å². The highest BCUT2D eigenvalue weighted by Crippen LogP contribution is 2.41. The topological polar surface area (TPSA) is 391 Å². The Kier molecular flexibility index (Phi) is 16.7. The van der Waals surface area contributed by atoms with Crippen LogP contribution in [0, 0.1) is 0 Å². The van der Waals surface area contributed by atoms with Gasteiger partial charge in [0.1, 0.15) is 16.7 Å². The van der Waals surface area contributed by atoms with E-state index in [9.17, 15) is 25.3 Å². The van der Waals surface area contributed by atoms with Crippen molar-refractivity contribution >= 4 is 76.6 Å². The van der Waals surface area contributed by atoms with Crippen LogP contribution in [0.4, 0.5) is 34.9 Å². The Labute approximate surface area is 504 Å². The third-order valence-electron chi connectivity index (χ3n) is 12.4. The Balaban J connectivity index is 0.00000131. The Morgan fingerprint density at radius 2 is 0.845 bits per heavy atom. The van der Waals surface area contributed by atoms with Gasteiger partial charge in [-0.2, -0.15) is 15.3 Å². The maximum atomic E-state index is 12.4. The molecule has 9 heterocycles. The summed E-state index contributed by atoms with van der Waals surface area (Å²) in [5.74, 6) is 6.53. The molecule has 0 spiro atoms. The molecule has 31 heteroatoms. The van der Waals surface area contributed by atoms with Crippen LogP contribution < -0.4 is 30.5 Å². The number of aromatic amines is 3. The molecule has 0 aromatic carbocycles. The lowest BCUT2D eigenvalue weighted by Crippen LogP contribution is -2.40. The minimum Gasteiger partial charge on any atom is -0.323 e. The first-order valence-electron chi connectivity index (χ1n) is 26.4. The molecule has 3 fully saturated rings. The maximum absolute atomic E-state index is 12.4. The lowest BCUT2D eigenvalue weighted by Gasteiger charge is -2.19. The van der Waals surface area contributed by atoms with Crippen molar-refractivity contribution in [2.45, 2.75) is 124 Å². The first kappa shape index (κ1) is 58.9. The van der Waals surface area contributed by atoms with E-state index in [-0.39, 0.29) is 29.3 Å². The molecule has 3 saturated carbocycles. The lowest BCUT2D eigenvalue weighted by atomic mass is 10.1. The van der Waals surface area contributed by atoms with Crippen molar-refractivity contribution in [1.82, 2.24) is 84.9 Å². The molecule has 3 aliphatic rings. The van der Waals surface area contributed by atoms with Crippen LogP contribution in [-0.2, 0) is 30.1 Å². The smallest absolute Gasteiger partial charge is 0.258 e. The summed E-state index contributed by atoms with van der Waals surface area (Å²) in [6, 6.07) is 18.4. The fourth-order valence-electron chi connectivity index (χ4n) is 8.06.